The Morgan fingerprint density at radius 3 is 2.77 bits per heavy atom. The molecule has 5 rings (SSSR count). The summed E-state index contributed by atoms with van der Waals surface area (Å²) in [6.45, 7) is 0.740. The first-order valence-electron chi connectivity index (χ1n) is 9.77. The normalized spacial score (nSPS) is 18.0. The van der Waals surface area contributed by atoms with Crippen LogP contribution in [-0.4, -0.2) is 32.0 Å². The van der Waals surface area contributed by atoms with Gasteiger partial charge in [-0.1, -0.05) is 24.3 Å². The Balaban J connectivity index is 1.74. The summed E-state index contributed by atoms with van der Waals surface area (Å²) in [5, 5.41) is 14.9. The molecular weight excluding hydrogens is 401 g/mol. The molecule has 1 aliphatic heterocycles. The highest BCUT2D eigenvalue weighted by atomic mass is 19.1. The van der Waals surface area contributed by atoms with E-state index in [-0.39, 0.29) is 5.39 Å². The standard InChI is InChI=1S/C21H20FN7O2/c1-23-9-11-3-5-12(6-4-11)19-17(20-24-10-25-29(20)2)18-16-14(21(30)27-26-18)7-13(22)8-15(16)28-31-19/h3-8,10,17,19,23,28H,9H2,1-2H3,(H,27,30). The lowest BCUT2D eigenvalue weighted by molar-refractivity contribution is 0.0848. The number of aromatic nitrogens is 5. The third-order valence-corrected chi connectivity index (χ3v) is 5.49. The van der Waals surface area contributed by atoms with E-state index in [0.29, 0.717) is 22.6 Å². The maximum atomic E-state index is 14.2. The van der Waals surface area contributed by atoms with E-state index in [1.165, 1.54) is 18.5 Å². The van der Waals surface area contributed by atoms with Crippen LogP contribution in [0.1, 0.15) is 34.7 Å². The number of aryl methyl sites for hydroxylation is 1. The molecule has 10 heteroatoms. The average molecular weight is 421 g/mol. The van der Waals surface area contributed by atoms with E-state index < -0.39 is 23.4 Å². The Morgan fingerprint density at radius 2 is 2.06 bits per heavy atom. The van der Waals surface area contributed by atoms with Gasteiger partial charge in [-0.25, -0.2) is 14.5 Å². The summed E-state index contributed by atoms with van der Waals surface area (Å²) in [4.78, 5) is 22.9. The fourth-order valence-electron chi connectivity index (χ4n) is 4.07. The molecule has 9 nitrogen and oxygen atoms in total. The summed E-state index contributed by atoms with van der Waals surface area (Å²) >= 11 is 0. The van der Waals surface area contributed by atoms with E-state index in [1.54, 1.807) is 11.7 Å². The van der Waals surface area contributed by atoms with Gasteiger partial charge in [0.1, 0.15) is 24.1 Å². The van der Waals surface area contributed by atoms with Crippen molar-refractivity contribution in [3.63, 3.8) is 0 Å². The van der Waals surface area contributed by atoms with Gasteiger partial charge in [-0.05, 0) is 30.3 Å². The second-order valence-corrected chi connectivity index (χ2v) is 7.45. The first-order valence-corrected chi connectivity index (χ1v) is 9.77. The predicted octanol–water partition coefficient (Wildman–Crippen LogP) is 2.14. The van der Waals surface area contributed by atoms with Crippen molar-refractivity contribution in [3.05, 3.63) is 81.5 Å². The molecule has 0 amide bonds. The first-order chi connectivity index (χ1) is 15.1. The third-order valence-electron chi connectivity index (χ3n) is 5.49. The highest BCUT2D eigenvalue weighted by molar-refractivity contribution is 5.95. The largest absolute Gasteiger partial charge is 0.316 e. The molecule has 0 aliphatic carbocycles. The molecule has 4 aromatic rings. The van der Waals surface area contributed by atoms with Crippen molar-refractivity contribution in [2.24, 2.45) is 7.05 Å². The van der Waals surface area contributed by atoms with Crippen molar-refractivity contribution in [2.45, 2.75) is 18.6 Å². The molecule has 0 spiro atoms. The summed E-state index contributed by atoms with van der Waals surface area (Å²) in [5.74, 6) is -0.461. The van der Waals surface area contributed by atoms with Gasteiger partial charge in [-0.2, -0.15) is 10.2 Å². The van der Waals surface area contributed by atoms with Gasteiger partial charge in [0.15, 0.2) is 0 Å². The Morgan fingerprint density at radius 1 is 1.26 bits per heavy atom. The van der Waals surface area contributed by atoms with Gasteiger partial charge in [-0.15, -0.1) is 0 Å². The Hall–Kier alpha value is -3.63. The van der Waals surface area contributed by atoms with Gasteiger partial charge in [0.2, 0.25) is 0 Å². The lowest BCUT2D eigenvalue weighted by Gasteiger charge is -2.24. The minimum absolute atomic E-state index is 0.188. The topological polar surface area (TPSA) is 110 Å². The van der Waals surface area contributed by atoms with Gasteiger partial charge in [0, 0.05) is 19.0 Å². The van der Waals surface area contributed by atoms with Crippen LogP contribution in [0.3, 0.4) is 0 Å². The van der Waals surface area contributed by atoms with Crippen LogP contribution in [0.4, 0.5) is 10.1 Å². The lowest BCUT2D eigenvalue weighted by atomic mass is 9.89. The van der Waals surface area contributed by atoms with Crippen LogP contribution < -0.4 is 16.4 Å². The van der Waals surface area contributed by atoms with Crippen LogP contribution >= 0.6 is 0 Å². The number of H-pyrrole nitrogens is 1. The van der Waals surface area contributed by atoms with Gasteiger partial charge >= 0.3 is 0 Å². The molecule has 2 atom stereocenters. The SMILES string of the molecule is CNCc1ccc(C2ONc3cc(F)cc4c(=O)[nH]nc(c34)C2c2ncnn2C)cc1. The fraction of sp³-hybridized carbons (Fsp3) is 0.238. The van der Waals surface area contributed by atoms with Crippen LogP contribution in [0, 0.1) is 5.82 Å². The lowest BCUT2D eigenvalue weighted by Crippen LogP contribution is -2.22. The number of hydrogen-bond donors (Lipinski definition) is 3. The molecule has 31 heavy (non-hydrogen) atoms. The second kappa shape index (κ2) is 7.56. The quantitative estimate of drug-likeness (QED) is 0.463. The summed E-state index contributed by atoms with van der Waals surface area (Å²) in [7, 11) is 3.67. The number of hydrogen-bond acceptors (Lipinski definition) is 7. The Kier molecular flexibility index (Phi) is 4.72. The molecule has 2 unspecified atom stereocenters. The van der Waals surface area contributed by atoms with Crippen LogP contribution in [0.5, 0.6) is 0 Å². The Labute approximate surface area is 176 Å². The first kappa shape index (κ1) is 19.3. The molecule has 0 saturated carbocycles. The molecule has 158 valence electrons. The molecular formula is C21H20FN7O2. The summed E-state index contributed by atoms with van der Waals surface area (Å²) in [6, 6.07) is 10.5. The average Bonchev–Trinajstić information content (AvgIpc) is 3.11. The highest BCUT2D eigenvalue weighted by Crippen LogP contribution is 2.44. The van der Waals surface area contributed by atoms with Crippen LogP contribution in [0.2, 0.25) is 0 Å². The van der Waals surface area contributed by atoms with Crippen molar-refractivity contribution >= 4 is 16.5 Å². The van der Waals surface area contributed by atoms with E-state index >= 15 is 0 Å². The van der Waals surface area contributed by atoms with Gasteiger partial charge in [-0.3, -0.25) is 19.8 Å². The molecule has 2 aromatic carbocycles. The zero-order chi connectivity index (χ0) is 21.5. The van der Waals surface area contributed by atoms with Crippen molar-refractivity contribution < 1.29 is 9.23 Å². The Bertz CT molecular complexity index is 1320. The smallest absolute Gasteiger partial charge is 0.272 e. The molecule has 0 fully saturated rings. The fourth-order valence-corrected chi connectivity index (χ4v) is 4.07. The van der Waals surface area contributed by atoms with Crippen LogP contribution in [0.15, 0.2) is 47.5 Å². The number of nitrogens with one attached hydrogen (secondary N) is 3. The monoisotopic (exact) mass is 421 g/mol. The molecule has 0 saturated heterocycles. The molecule has 3 heterocycles. The molecule has 2 aromatic heterocycles. The number of anilines is 1. The van der Waals surface area contributed by atoms with Gasteiger partial charge < -0.3 is 5.32 Å². The number of halogens is 1. The van der Waals surface area contributed by atoms with Crippen LogP contribution in [-0.2, 0) is 18.4 Å². The maximum absolute atomic E-state index is 14.2. The van der Waals surface area contributed by atoms with Gasteiger partial charge in [0.05, 0.1) is 22.7 Å². The van der Waals surface area contributed by atoms with Gasteiger partial charge in [0.25, 0.3) is 5.56 Å². The van der Waals surface area contributed by atoms with E-state index in [0.717, 1.165) is 17.7 Å². The predicted molar refractivity (Wildman–Crippen MR) is 112 cm³/mol. The number of nitrogens with zero attached hydrogens (tertiary/aromatic N) is 4. The van der Waals surface area contributed by atoms with E-state index in [4.69, 9.17) is 4.84 Å². The summed E-state index contributed by atoms with van der Waals surface area (Å²) in [6.07, 6.45) is 0.887. The summed E-state index contributed by atoms with van der Waals surface area (Å²) < 4.78 is 15.9. The number of rotatable bonds is 4. The van der Waals surface area contributed by atoms with Crippen LogP contribution in [0.25, 0.3) is 10.8 Å². The molecule has 0 bridgehead atoms. The third kappa shape index (κ3) is 3.25. The maximum Gasteiger partial charge on any atom is 0.272 e. The second-order valence-electron chi connectivity index (χ2n) is 7.45. The van der Waals surface area contributed by atoms with E-state index in [2.05, 4.69) is 31.1 Å². The molecule has 0 radical (unpaired) electrons. The van der Waals surface area contributed by atoms with Crippen molar-refractivity contribution in [1.29, 1.82) is 0 Å². The minimum Gasteiger partial charge on any atom is -0.316 e. The number of benzene rings is 2. The van der Waals surface area contributed by atoms with E-state index in [1.807, 2.05) is 31.3 Å². The molecule has 3 N–H and O–H groups in total. The zero-order valence-corrected chi connectivity index (χ0v) is 16.9. The molecule has 1 aliphatic rings. The number of aromatic amines is 1. The van der Waals surface area contributed by atoms with Crippen molar-refractivity contribution in [3.8, 4) is 0 Å². The summed E-state index contributed by atoms with van der Waals surface area (Å²) in [5.41, 5.74) is 5.23. The minimum atomic E-state index is -0.566. The van der Waals surface area contributed by atoms with Crippen molar-refractivity contribution in [1.82, 2.24) is 30.3 Å². The zero-order valence-electron chi connectivity index (χ0n) is 16.9. The van der Waals surface area contributed by atoms with E-state index in [9.17, 15) is 9.18 Å². The highest BCUT2D eigenvalue weighted by Gasteiger charge is 2.37. The van der Waals surface area contributed by atoms with Crippen molar-refractivity contribution in [2.75, 3.05) is 12.5 Å².